The summed E-state index contributed by atoms with van der Waals surface area (Å²) in [7, 11) is 1.66. The molecule has 3 nitrogen and oxygen atoms in total. The average molecular weight is 298 g/mol. The highest BCUT2D eigenvalue weighted by atomic mass is 35.5. The molecule has 0 aliphatic rings. The molecule has 0 bridgehead atoms. The number of benzene rings is 1. The molecular weight excluding hydrogens is 282 g/mol. The van der Waals surface area contributed by atoms with Gasteiger partial charge in [-0.05, 0) is 24.6 Å². The fourth-order valence-corrected chi connectivity index (χ4v) is 2.68. The fraction of sp³-hybridized carbons (Fsp3) is 0.357. The van der Waals surface area contributed by atoms with Crippen LogP contribution in [0.5, 0.6) is 5.75 Å². The van der Waals surface area contributed by atoms with Crippen LogP contribution in [0.2, 0.25) is 0 Å². The zero-order valence-corrected chi connectivity index (χ0v) is 12.5. The van der Waals surface area contributed by atoms with Crippen molar-refractivity contribution in [3.05, 3.63) is 45.9 Å². The second-order valence-corrected chi connectivity index (χ2v) is 5.27. The number of thiazole rings is 1. The van der Waals surface area contributed by atoms with Crippen molar-refractivity contribution in [1.82, 2.24) is 4.98 Å². The zero-order chi connectivity index (χ0) is 13.7. The molecule has 0 spiro atoms. The molecular formula is C14H16ClNO2S. The van der Waals surface area contributed by atoms with E-state index >= 15 is 0 Å². The van der Waals surface area contributed by atoms with E-state index in [2.05, 4.69) is 4.98 Å². The lowest BCUT2D eigenvalue weighted by Gasteiger charge is -2.11. The molecule has 0 radical (unpaired) electrons. The molecule has 102 valence electrons. The third-order valence-electron chi connectivity index (χ3n) is 2.69. The number of rotatable bonds is 6. The molecule has 5 heteroatoms. The summed E-state index contributed by atoms with van der Waals surface area (Å²) in [6.07, 6.45) is -0.0341. The maximum absolute atomic E-state index is 5.82. The molecule has 0 saturated heterocycles. The second kappa shape index (κ2) is 6.89. The van der Waals surface area contributed by atoms with Crippen LogP contribution in [0.3, 0.4) is 0 Å². The molecule has 0 aliphatic carbocycles. The Bertz CT molecular complexity index is 530. The van der Waals surface area contributed by atoms with Gasteiger partial charge in [0, 0.05) is 5.38 Å². The molecule has 19 heavy (non-hydrogen) atoms. The smallest absolute Gasteiger partial charge is 0.122 e. The molecule has 0 aliphatic heterocycles. The molecule has 0 saturated carbocycles. The van der Waals surface area contributed by atoms with Crippen LogP contribution in [-0.4, -0.2) is 12.1 Å². The minimum atomic E-state index is -0.0341. The van der Waals surface area contributed by atoms with Gasteiger partial charge >= 0.3 is 0 Å². The number of hydrogen-bond donors (Lipinski definition) is 0. The summed E-state index contributed by atoms with van der Waals surface area (Å²) in [5, 5.41) is 2.92. The lowest BCUT2D eigenvalue weighted by atomic mass is 10.2. The molecule has 1 aromatic carbocycles. The van der Waals surface area contributed by atoms with Crippen LogP contribution in [-0.2, 0) is 17.2 Å². The highest BCUT2D eigenvalue weighted by Gasteiger charge is 2.11. The number of halogens is 1. The lowest BCUT2D eigenvalue weighted by Crippen LogP contribution is -2.00. The summed E-state index contributed by atoms with van der Waals surface area (Å²) in [5.74, 6) is 1.28. The maximum atomic E-state index is 5.82. The van der Waals surface area contributed by atoms with Crippen molar-refractivity contribution in [2.75, 3.05) is 7.11 Å². The summed E-state index contributed by atoms with van der Waals surface area (Å²) < 4.78 is 11.0. The van der Waals surface area contributed by atoms with Gasteiger partial charge in [-0.25, -0.2) is 4.98 Å². The van der Waals surface area contributed by atoms with Crippen LogP contribution in [0.15, 0.2) is 29.6 Å². The van der Waals surface area contributed by atoms with Crippen LogP contribution in [0.1, 0.15) is 29.3 Å². The van der Waals surface area contributed by atoms with E-state index in [1.165, 1.54) is 0 Å². The first kappa shape index (κ1) is 14.3. The topological polar surface area (TPSA) is 31.4 Å². The van der Waals surface area contributed by atoms with E-state index in [0.717, 1.165) is 22.0 Å². The van der Waals surface area contributed by atoms with Crippen LogP contribution in [0.25, 0.3) is 0 Å². The lowest BCUT2D eigenvalue weighted by molar-refractivity contribution is 0.0522. The Labute approximate surface area is 122 Å². The third-order valence-corrected chi connectivity index (χ3v) is 4.02. The number of alkyl halides is 1. The third kappa shape index (κ3) is 3.93. The molecule has 1 heterocycles. The van der Waals surface area contributed by atoms with Gasteiger partial charge in [-0.1, -0.05) is 12.1 Å². The summed E-state index contributed by atoms with van der Waals surface area (Å²) in [6, 6.07) is 7.86. The summed E-state index contributed by atoms with van der Waals surface area (Å²) in [4.78, 5) is 4.41. The van der Waals surface area contributed by atoms with Gasteiger partial charge in [0.2, 0.25) is 0 Å². The van der Waals surface area contributed by atoms with Crippen molar-refractivity contribution < 1.29 is 9.47 Å². The van der Waals surface area contributed by atoms with E-state index in [9.17, 15) is 0 Å². The zero-order valence-electron chi connectivity index (χ0n) is 10.9. The van der Waals surface area contributed by atoms with Crippen molar-refractivity contribution >= 4 is 22.9 Å². The minimum absolute atomic E-state index is 0.0341. The van der Waals surface area contributed by atoms with Crippen molar-refractivity contribution in [2.45, 2.75) is 25.5 Å². The average Bonchev–Trinajstić information content (AvgIpc) is 2.94. The van der Waals surface area contributed by atoms with Gasteiger partial charge in [0.1, 0.15) is 16.9 Å². The van der Waals surface area contributed by atoms with Crippen molar-refractivity contribution in [3.8, 4) is 5.75 Å². The number of aromatic nitrogens is 1. The molecule has 1 atom stereocenters. The largest absolute Gasteiger partial charge is 0.497 e. The minimum Gasteiger partial charge on any atom is -0.497 e. The highest BCUT2D eigenvalue weighted by molar-refractivity contribution is 7.09. The molecule has 2 aromatic rings. The molecule has 0 N–H and O–H groups in total. The number of ether oxygens (including phenoxy) is 2. The van der Waals surface area contributed by atoms with E-state index in [1.54, 1.807) is 18.4 Å². The van der Waals surface area contributed by atoms with E-state index in [4.69, 9.17) is 21.1 Å². The standard InChI is InChI=1S/C14H16ClNO2S/c1-10(14-16-12(7-15)9-19-14)18-8-11-4-3-5-13(6-11)17-2/h3-6,9-10H,7-8H2,1-2H3. The van der Waals surface area contributed by atoms with Crippen molar-refractivity contribution in [2.24, 2.45) is 0 Å². The van der Waals surface area contributed by atoms with Gasteiger partial charge in [0.25, 0.3) is 0 Å². The summed E-state index contributed by atoms with van der Waals surface area (Å²) in [5.41, 5.74) is 1.99. The first-order chi connectivity index (χ1) is 9.22. The Morgan fingerprint density at radius 1 is 1.42 bits per heavy atom. The van der Waals surface area contributed by atoms with Crippen LogP contribution >= 0.6 is 22.9 Å². The molecule has 1 aromatic heterocycles. The number of nitrogens with zero attached hydrogens (tertiary/aromatic N) is 1. The first-order valence-corrected chi connectivity index (χ1v) is 7.39. The van der Waals surface area contributed by atoms with Crippen LogP contribution in [0.4, 0.5) is 0 Å². The van der Waals surface area contributed by atoms with Crippen LogP contribution < -0.4 is 4.74 Å². The van der Waals surface area contributed by atoms with Crippen molar-refractivity contribution in [1.29, 1.82) is 0 Å². The maximum Gasteiger partial charge on any atom is 0.122 e. The van der Waals surface area contributed by atoms with E-state index in [0.29, 0.717) is 12.5 Å². The van der Waals surface area contributed by atoms with Gasteiger partial charge in [-0.3, -0.25) is 0 Å². The molecule has 2 rings (SSSR count). The predicted octanol–water partition coefficient (Wildman–Crippen LogP) is 4.17. The Morgan fingerprint density at radius 3 is 2.95 bits per heavy atom. The van der Waals surface area contributed by atoms with Gasteiger partial charge in [0.05, 0.1) is 25.3 Å². The number of hydrogen-bond acceptors (Lipinski definition) is 4. The molecule has 1 unspecified atom stereocenters. The van der Waals surface area contributed by atoms with Crippen molar-refractivity contribution in [3.63, 3.8) is 0 Å². The first-order valence-electron chi connectivity index (χ1n) is 5.97. The Hall–Kier alpha value is -1.10. The number of methoxy groups -OCH3 is 1. The van der Waals surface area contributed by atoms with E-state index in [-0.39, 0.29) is 6.10 Å². The summed E-state index contributed by atoms with van der Waals surface area (Å²) in [6.45, 7) is 2.53. The van der Waals surface area contributed by atoms with Crippen LogP contribution in [0, 0.1) is 0 Å². The SMILES string of the molecule is COc1cccc(COC(C)c2nc(CCl)cs2)c1. The monoisotopic (exact) mass is 297 g/mol. The van der Waals surface area contributed by atoms with E-state index in [1.807, 2.05) is 36.6 Å². The molecule has 0 amide bonds. The molecule has 0 fully saturated rings. The van der Waals surface area contributed by atoms with Gasteiger partial charge in [0.15, 0.2) is 0 Å². The van der Waals surface area contributed by atoms with E-state index < -0.39 is 0 Å². The Kier molecular flexibility index (Phi) is 5.19. The fourth-order valence-electron chi connectivity index (χ4n) is 1.63. The normalized spacial score (nSPS) is 12.4. The Balaban J connectivity index is 1.93. The summed E-state index contributed by atoms with van der Waals surface area (Å²) >= 11 is 7.32. The van der Waals surface area contributed by atoms with Gasteiger partial charge in [-0.2, -0.15) is 0 Å². The Morgan fingerprint density at radius 2 is 2.26 bits per heavy atom. The van der Waals surface area contributed by atoms with Gasteiger partial charge in [-0.15, -0.1) is 22.9 Å². The van der Waals surface area contributed by atoms with Gasteiger partial charge < -0.3 is 9.47 Å². The predicted molar refractivity (Wildman–Crippen MR) is 77.9 cm³/mol. The second-order valence-electron chi connectivity index (χ2n) is 4.12. The highest BCUT2D eigenvalue weighted by Crippen LogP contribution is 2.23. The quantitative estimate of drug-likeness (QED) is 0.750.